The molecular formula is C70H120NO8P. The Morgan fingerprint density at radius 2 is 0.675 bits per heavy atom. The van der Waals surface area contributed by atoms with Crippen molar-refractivity contribution in [1.29, 1.82) is 0 Å². The van der Waals surface area contributed by atoms with Gasteiger partial charge in [-0.25, -0.2) is 0 Å². The molecule has 0 amide bonds. The molecule has 0 aliphatic carbocycles. The van der Waals surface area contributed by atoms with E-state index in [1.54, 1.807) is 0 Å². The lowest BCUT2D eigenvalue weighted by Crippen LogP contribution is -2.37. The van der Waals surface area contributed by atoms with Gasteiger partial charge in [0.15, 0.2) is 6.10 Å². The van der Waals surface area contributed by atoms with Crippen molar-refractivity contribution < 1.29 is 42.1 Å². The highest BCUT2D eigenvalue weighted by molar-refractivity contribution is 7.45. The minimum atomic E-state index is -4.65. The molecule has 2 unspecified atom stereocenters. The Bertz CT molecular complexity index is 1760. The molecule has 0 bridgehead atoms. The third-order valence-corrected chi connectivity index (χ3v) is 14.4. The Morgan fingerprint density at radius 3 is 1.00 bits per heavy atom. The number of phosphoric ester groups is 1. The second-order valence-corrected chi connectivity index (χ2v) is 23.8. The number of nitrogens with zero attached hydrogens (tertiary/aromatic N) is 1. The van der Waals surface area contributed by atoms with Gasteiger partial charge in [-0.15, -0.1) is 0 Å². The monoisotopic (exact) mass is 1130 g/mol. The molecule has 0 aromatic carbocycles. The highest BCUT2D eigenvalue weighted by Crippen LogP contribution is 2.38. The number of unbranched alkanes of at least 4 members (excludes halogenated alkanes) is 24. The minimum Gasteiger partial charge on any atom is -0.756 e. The maximum absolute atomic E-state index is 12.8. The highest BCUT2D eigenvalue weighted by Gasteiger charge is 2.22. The number of allylic oxidation sites excluding steroid dienone is 20. The summed E-state index contributed by atoms with van der Waals surface area (Å²) in [6, 6.07) is 0. The number of hydrogen-bond acceptors (Lipinski definition) is 8. The lowest BCUT2D eigenvalue weighted by Gasteiger charge is -2.28. The molecule has 0 aromatic rings. The van der Waals surface area contributed by atoms with E-state index in [1.807, 2.05) is 21.1 Å². The molecule has 0 aromatic heterocycles. The van der Waals surface area contributed by atoms with E-state index in [1.165, 1.54) is 109 Å². The summed E-state index contributed by atoms with van der Waals surface area (Å²) in [5, 5.41) is 0. The van der Waals surface area contributed by atoms with E-state index in [-0.39, 0.29) is 32.0 Å². The zero-order valence-corrected chi connectivity index (χ0v) is 52.9. The summed E-state index contributed by atoms with van der Waals surface area (Å²) < 4.78 is 34.3. The minimum absolute atomic E-state index is 0.0366. The van der Waals surface area contributed by atoms with Gasteiger partial charge < -0.3 is 27.9 Å². The second-order valence-electron chi connectivity index (χ2n) is 22.4. The predicted molar refractivity (Wildman–Crippen MR) is 341 cm³/mol. The number of likely N-dealkylation sites (N-methyl/N-ethyl adjacent to an activating group) is 1. The van der Waals surface area contributed by atoms with E-state index in [4.69, 9.17) is 18.5 Å². The van der Waals surface area contributed by atoms with Crippen LogP contribution in [0, 0.1) is 0 Å². The maximum atomic E-state index is 12.8. The van der Waals surface area contributed by atoms with Crippen molar-refractivity contribution in [3.05, 3.63) is 122 Å². The SMILES string of the molecule is CC/C=C\C/C=C\C/C=C\C/C=C\C/C=C\CCCCCCCCCCCCCCCC(=O)OC(COC(=O)CCCCCCCCCCCCC/C=C\C/C=C\C/C=C\C/C=C\C/C=C\CC)COP(=O)([O-])OCC[N+](C)(C)C. The quantitative estimate of drug-likeness (QED) is 0.0195. The van der Waals surface area contributed by atoms with Gasteiger partial charge in [0.05, 0.1) is 27.7 Å². The topological polar surface area (TPSA) is 111 Å². The average Bonchev–Trinajstić information content (AvgIpc) is 3.42. The van der Waals surface area contributed by atoms with Crippen LogP contribution in [0.2, 0.25) is 0 Å². The molecule has 0 rings (SSSR count). The Kier molecular flexibility index (Phi) is 57.3. The van der Waals surface area contributed by atoms with Crippen molar-refractivity contribution in [2.45, 2.75) is 264 Å². The Morgan fingerprint density at radius 1 is 0.388 bits per heavy atom. The number of esters is 2. The van der Waals surface area contributed by atoms with E-state index in [0.717, 1.165) is 116 Å². The van der Waals surface area contributed by atoms with Gasteiger partial charge in [-0.2, -0.15) is 0 Å². The van der Waals surface area contributed by atoms with Gasteiger partial charge in [0.1, 0.15) is 19.8 Å². The Hall–Kier alpha value is -3.59. The van der Waals surface area contributed by atoms with E-state index in [2.05, 4.69) is 135 Å². The molecule has 0 saturated carbocycles. The van der Waals surface area contributed by atoms with Crippen LogP contribution in [0.3, 0.4) is 0 Å². The van der Waals surface area contributed by atoms with Crippen molar-refractivity contribution in [1.82, 2.24) is 0 Å². The lowest BCUT2D eigenvalue weighted by atomic mass is 10.0. The first-order chi connectivity index (χ1) is 39.0. The molecule has 0 spiro atoms. The number of carbonyl (C=O) groups excluding carboxylic acids is 2. The van der Waals surface area contributed by atoms with Crippen molar-refractivity contribution in [2.75, 3.05) is 47.5 Å². The zero-order chi connectivity index (χ0) is 58.4. The summed E-state index contributed by atoms with van der Waals surface area (Å²) in [4.78, 5) is 38.0. The van der Waals surface area contributed by atoms with Gasteiger partial charge in [0.25, 0.3) is 7.82 Å². The van der Waals surface area contributed by atoms with E-state index >= 15 is 0 Å². The first kappa shape index (κ1) is 76.4. The summed E-state index contributed by atoms with van der Waals surface area (Å²) in [5.74, 6) is -0.839. The molecule has 0 heterocycles. The third kappa shape index (κ3) is 63.6. The smallest absolute Gasteiger partial charge is 0.306 e. The first-order valence-corrected chi connectivity index (χ1v) is 33.7. The fourth-order valence-electron chi connectivity index (χ4n) is 8.59. The first-order valence-electron chi connectivity index (χ1n) is 32.2. The molecule has 0 saturated heterocycles. The number of quaternary nitrogens is 1. The fourth-order valence-corrected chi connectivity index (χ4v) is 9.32. The van der Waals surface area contributed by atoms with Gasteiger partial charge in [-0.3, -0.25) is 14.2 Å². The molecule has 0 fully saturated rings. The highest BCUT2D eigenvalue weighted by atomic mass is 31.2. The summed E-state index contributed by atoms with van der Waals surface area (Å²) in [6.07, 6.45) is 85.4. The largest absolute Gasteiger partial charge is 0.756 e. The van der Waals surface area contributed by atoms with Crippen LogP contribution in [0.1, 0.15) is 258 Å². The van der Waals surface area contributed by atoms with Crippen LogP contribution in [0.4, 0.5) is 0 Å². The summed E-state index contributed by atoms with van der Waals surface area (Å²) in [7, 11) is 1.15. The van der Waals surface area contributed by atoms with Gasteiger partial charge in [0.2, 0.25) is 0 Å². The number of ether oxygens (including phenoxy) is 2. The van der Waals surface area contributed by atoms with Crippen LogP contribution in [-0.4, -0.2) is 70.0 Å². The van der Waals surface area contributed by atoms with Crippen molar-refractivity contribution in [3.63, 3.8) is 0 Å². The van der Waals surface area contributed by atoms with Gasteiger partial charge in [-0.05, 0) is 103 Å². The summed E-state index contributed by atoms with van der Waals surface area (Å²) in [5.41, 5.74) is 0. The molecule has 458 valence electrons. The third-order valence-electron chi connectivity index (χ3n) is 13.5. The Labute approximate surface area is 492 Å². The zero-order valence-electron chi connectivity index (χ0n) is 52.0. The summed E-state index contributed by atoms with van der Waals surface area (Å²) >= 11 is 0. The van der Waals surface area contributed by atoms with Gasteiger partial charge in [0, 0.05) is 12.8 Å². The predicted octanol–water partition coefficient (Wildman–Crippen LogP) is 20.1. The molecule has 0 aliphatic rings. The molecule has 0 radical (unpaired) electrons. The standard InChI is InChI=1S/C70H120NO8P/c1-6-8-10-12-14-16-18-20-22-24-26-28-30-32-34-35-37-39-41-43-45-47-49-51-53-55-57-59-61-63-70(73)79-68(67-78-80(74,75)77-65-64-71(3,4)5)66-76-69(72)62-60-58-56-54-52-50-48-46-44-42-40-38-36-33-31-29-27-25-23-21-19-17-15-13-11-9-7-2/h8-11,14-17,20-23,26-29,32-34,36,68H,6-7,12-13,18-19,24-25,30-31,35,37-67H2,1-5H3/b10-8-,11-9-,16-14-,17-15-,22-20-,23-21-,28-26-,29-27-,34-32-,36-33-. The Balaban J connectivity index is 4.13. The maximum Gasteiger partial charge on any atom is 0.306 e. The number of phosphoric acid groups is 1. The molecule has 2 atom stereocenters. The average molecular weight is 1130 g/mol. The number of carbonyl (C=O) groups is 2. The van der Waals surface area contributed by atoms with Crippen LogP contribution in [-0.2, 0) is 32.7 Å². The number of rotatable bonds is 58. The lowest BCUT2D eigenvalue weighted by molar-refractivity contribution is -0.870. The van der Waals surface area contributed by atoms with E-state index in [0.29, 0.717) is 17.4 Å². The molecule has 80 heavy (non-hydrogen) atoms. The van der Waals surface area contributed by atoms with Crippen LogP contribution < -0.4 is 4.89 Å². The van der Waals surface area contributed by atoms with Crippen molar-refractivity contribution >= 4 is 19.8 Å². The van der Waals surface area contributed by atoms with Gasteiger partial charge in [-0.1, -0.05) is 264 Å². The molecule has 9 nitrogen and oxygen atoms in total. The molecule has 10 heteroatoms. The van der Waals surface area contributed by atoms with Crippen LogP contribution >= 0.6 is 7.82 Å². The normalized spacial score (nSPS) is 14.0. The molecular weight excluding hydrogens is 1010 g/mol. The fraction of sp³-hybridized carbons (Fsp3) is 0.686. The van der Waals surface area contributed by atoms with E-state index < -0.39 is 26.5 Å². The van der Waals surface area contributed by atoms with Crippen LogP contribution in [0.5, 0.6) is 0 Å². The second kappa shape index (κ2) is 60.0. The van der Waals surface area contributed by atoms with E-state index in [9.17, 15) is 19.0 Å². The van der Waals surface area contributed by atoms with Crippen LogP contribution in [0.15, 0.2) is 122 Å². The molecule has 0 aliphatic heterocycles. The molecule has 0 N–H and O–H groups in total. The van der Waals surface area contributed by atoms with Crippen molar-refractivity contribution in [2.24, 2.45) is 0 Å². The summed E-state index contributed by atoms with van der Waals surface area (Å²) in [6.45, 7) is 4.02. The van der Waals surface area contributed by atoms with Crippen molar-refractivity contribution in [3.8, 4) is 0 Å². The number of hydrogen-bond donors (Lipinski definition) is 0. The van der Waals surface area contributed by atoms with Gasteiger partial charge >= 0.3 is 11.9 Å². The van der Waals surface area contributed by atoms with Crippen LogP contribution in [0.25, 0.3) is 0 Å².